The summed E-state index contributed by atoms with van der Waals surface area (Å²) < 4.78 is 5.02. The second kappa shape index (κ2) is 10.0. The third-order valence-electron chi connectivity index (χ3n) is 5.79. The van der Waals surface area contributed by atoms with Crippen molar-refractivity contribution in [1.82, 2.24) is 20.2 Å². The summed E-state index contributed by atoms with van der Waals surface area (Å²) in [6, 6.07) is 2.50. The highest BCUT2D eigenvalue weighted by Crippen LogP contribution is 2.26. The number of likely N-dealkylation sites (tertiary alicyclic amines) is 1. The molecule has 8 heteroatoms. The molecule has 0 unspecified atom stereocenters. The minimum absolute atomic E-state index is 0.0990. The van der Waals surface area contributed by atoms with Crippen LogP contribution < -0.4 is 15.5 Å². The number of carbonyl (C=O) groups excluding carboxylic acids is 1. The topological polar surface area (TPSA) is 82.6 Å². The number of rotatable bonds is 7. The lowest BCUT2D eigenvalue weighted by molar-refractivity contribution is -0.127. The predicted octanol–water partition coefficient (Wildman–Crippen LogP) is 1.27. The number of methoxy groups -OCH3 is 1. The second-order valence-corrected chi connectivity index (χ2v) is 7.78. The molecule has 2 saturated heterocycles. The van der Waals surface area contributed by atoms with Crippen molar-refractivity contribution in [1.29, 1.82) is 0 Å². The van der Waals surface area contributed by atoms with Gasteiger partial charge in [-0.15, -0.1) is 0 Å². The number of nitrogens with zero attached hydrogens (tertiary/aromatic N) is 4. The van der Waals surface area contributed by atoms with E-state index >= 15 is 0 Å². The summed E-state index contributed by atoms with van der Waals surface area (Å²) in [6.07, 6.45) is 4.25. The van der Waals surface area contributed by atoms with Gasteiger partial charge >= 0.3 is 0 Å². The van der Waals surface area contributed by atoms with Gasteiger partial charge in [0.2, 0.25) is 11.9 Å². The third kappa shape index (κ3) is 5.32. The monoisotopic (exact) mass is 390 g/mol. The summed E-state index contributed by atoms with van der Waals surface area (Å²) in [5.41, 5.74) is 0.981. The molecule has 2 fully saturated rings. The maximum Gasteiger partial charge on any atom is 0.227 e. The minimum Gasteiger partial charge on any atom is -0.383 e. The first-order valence-corrected chi connectivity index (χ1v) is 10.4. The van der Waals surface area contributed by atoms with E-state index in [9.17, 15) is 4.79 Å². The van der Waals surface area contributed by atoms with E-state index in [-0.39, 0.29) is 11.8 Å². The second-order valence-electron chi connectivity index (χ2n) is 7.78. The Morgan fingerprint density at radius 2 is 2.04 bits per heavy atom. The van der Waals surface area contributed by atoms with E-state index in [1.54, 1.807) is 7.11 Å². The van der Waals surface area contributed by atoms with E-state index in [4.69, 9.17) is 4.74 Å². The summed E-state index contributed by atoms with van der Waals surface area (Å²) in [5.74, 6) is 1.95. The van der Waals surface area contributed by atoms with E-state index in [2.05, 4.69) is 30.4 Å². The molecule has 28 heavy (non-hydrogen) atoms. The summed E-state index contributed by atoms with van der Waals surface area (Å²) >= 11 is 0. The van der Waals surface area contributed by atoms with Crippen LogP contribution in [0.3, 0.4) is 0 Å². The predicted molar refractivity (Wildman–Crippen MR) is 111 cm³/mol. The SMILES string of the molecule is CNc1cc(C)nc(N2CCC(N3CCC[C@H](C(=O)NCCOC)C3)CC2)n1. The smallest absolute Gasteiger partial charge is 0.227 e. The van der Waals surface area contributed by atoms with Gasteiger partial charge in [-0.25, -0.2) is 4.98 Å². The van der Waals surface area contributed by atoms with Crippen LogP contribution in [-0.2, 0) is 9.53 Å². The standard InChI is InChI=1S/C20H34N6O2/c1-15-13-18(21-2)24-20(23-15)25-10-6-17(7-11-25)26-9-4-5-16(14-26)19(27)22-8-12-28-3/h13,16-17H,4-12,14H2,1-3H3,(H,22,27)(H,21,23,24)/t16-/m0/s1. The molecule has 2 aliphatic heterocycles. The molecule has 1 aromatic rings. The molecule has 8 nitrogen and oxygen atoms in total. The Morgan fingerprint density at radius 1 is 1.25 bits per heavy atom. The molecule has 1 atom stereocenters. The van der Waals surface area contributed by atoms with Crippen molar-refractivity contribution in [3.8, 4) is 0 Å². The van der Waals surface area contributed by atoms with E-state index in [1.807, 2.05) is 20.0 Å². The number of hydrogen-bond donors (Lipinski definition) is 2. The molecule has 3 heterocycles. The zero-order valence-corrected chi connectivity index (χ0v) is 17.4. The normalized spacial score (nSPS) is 21.5. The van der Waals surface area contributed by atoms with Gasteiger partial charge in [0.1, 0.15) is 5.82 Å². The number of ether oxygens (including phenoxy) is 1. The number of hydrogen-bond acceptors (Lipinski definition) is 7. The van der Waals surface area contributed by atoms with Crippen LogP contribution in [0.25, 0.3) is 0 Å². The average molecular weight is 391 g/mol. The van der Waals surface area contributed by atoms with Crippen LogP contribution in [0.1, 0.15) is 31.4 Å². The largest absolute Gasteiger partial charge is 0.383 e. The molecule has 2 N–H and O–H groups in total. The Bertz CT molecular complexity index is 648. The van der Waals surface area contributed by atoms with E-state index < -0.39 is 0 Å². The Hall–Kier alpha value is -1.93. The van der Waals surface area contributed by atoms with Crippen LogP contribution in [0.15, 0.2) is 6.07 Å². The average Bonchev–Trinajstić information content (AvgIpc) is 2.73. The van der Waals surface area contributed by atoms with Gasteiger partial charge in [-0.1, -0.05) is 0 Å². The first-order chi connectivity index (χ1) is 13.6. The molecule has 3 rings (SSSR count). The van der Waals surface area contributed by atoms with Crippen molar-refractivity contribution in [3.05, 3.63) is 11.8 Å². The van der Waals surface area contributed by atoms with Crippen molar-refractivity contribution in [2.24, 2.45) is 5.92 Å². The maximum atomic E-state index is 12.4. The lowest BCUT2D eigenvalue weighted by atomic mass is 9.93. The molecule has 1 aromatic heterocycles. The quantitative estimate of drug-likeness (QED) is 0.679. The van der Waals surface area contributed by atoms with Gasteiger partial charge in [-0.2, -0.15) is 4.98 Å². The maximum absolute atomic E-state index is 12.4. The Labute approximate surface area is 168 Å². The Morgan fingerprint density at radius 3 is 2.75 bits per heavy atom. The molecule has 156 valence electrons. The molecule has 1 amide bonds. The van der Waals surface area contributed by atoms with E-state index in [0.717, 1.165) is 69.3 Å². The molecule has 0 saturated carbocycles. The van der Waals surface area contributed by atoms with Crippen LogP contribution in [0.2, 0.25) is 0 Å². The van der Waals surface area contributed by atoms with Gasteiger partial charge in [0.25, 0.3) is 0 Å². The summed E-state index contributed by atoms with van der Waals surface area (Å²) in [7, 11) is 3.54. The highest BCUT2D eigenvalue weighted by molar-refractivity contribution is 5.78. The van der Waals surface area contributed by atoms with E-state index in [1.165, 1.54) is 0 Å². The van der Waals surface area contributed by atoms with Crippen LogP contribution in [0.5, 0.6) is 0 Å². The zero-order chi connectivity index (χ0) is 19.9. The molecule has 0 aromatic carbocycles. The molecule has 0 bridgehead atoms. The van der Waals surface area contributed by atoms with Gasteiger partial charge in [-0.3, -0.25) is 9.69 Å². The van der Waals surface area contributed by atoms with Gasteiger partial charge in [0, 0.05) is 58.1 Å². The third-order valence-corrected chi connectivity index (χ3v) is 5.79. The van der Waals surface area contributed by atoms with Crippen molar-refractivity contribution < 1.29 is 9.53 Å². The summed E-state index contributed by atoms with van der Waals surface area (Å²) in [6.45, 7) is 7.04. The Kier molecular flexibility index (Phi) is 7.44. The number of amides is 1. The molecular formula is C20H34N6O2. The van der Waals surface area contributed by atoms with Gasteiger partial charge in [-0.05, 0) is 39.2 Å². The highest BCUT2D eigenvalue weighted by atomic mass is 16.5. The fourth-order valence-corrected chi connectivity index (χ4v) is 4.23. The van der Waals surface area contributed by atoms with E-state index in [0.29, 0.717) is 19.2 Å². The lowest BCUT2D eigenvalue weighted by Gasteiger charge is -2.42. The van der Waals surface area contributed by atoms with Gasteiger partial charge in [0.15, 0.2) is 0 Å². The number of piperidine rings is 2. The molecule has 0 aliphatic carbocycles. The fourth-order valence-electron chi connectivity index (χ4n) is 4.23. The summed E-state index contributed by atoms with van der Waals surface area (Å²) in [4.78, 5) is 26.4. The molecule has 2 aliphatic rings. The van der Waals surface area contributed by atoms with Crippen molar-refractivity contribution in [2.45, 2.75) is 38.6 Å². The number of carbonyl (C=O) groups is 1. The summed E-state index contributed by atoms with van der Waals surface area (Å²) in [5, 5.41) is 6.11. The van der Waals surface area contributed by atoms with Crippen molar-refractivity contribution in [3.63, 3.8) is 0 Å². The first-order valence-electron chi connectivity index (χ1n) is 10.4. The first kappa shape index (κ1) is 20.8. The van der Waals surface area contributed by atoms with Crippen LogP contribution in [-0.4, -0.2) is 80.3 Å². The highest BCUT2D eigenvalue weighted by Gasteiger charge is 2.32. The zero-order valence-electron chi connectivity index (χ0n) is 17.4. The van der Waals surface area contributed by atoms with Gasteiger partial charge < -0.3 is 20.3 Å². The van der Waals surface area contributed by atoms with Crippen molar-refractivity contribution >= 4 is 17.7 Å². The number of aromatic nitrogens is 2. The van der Waals surface area contributed by atoms with Crippen molar-refractivity contribution in [2.75, 3.05) is 63.7 Å². The van der Waals surface area contributed by atoms with Crippen LogP contribution >= 0.6 is 0 Å². The molecule has 0 spiro atoms. The molecular weight excluding hydrogens is 356 g/mol. The van der Waals surface area contributed by atoms with Gasteiger partial charge in [0.05, 0.1) is 12.5 Å². The minimum atomic E-state index is 0.0990. The number of aryl methyl sites for hydroxylation is 1. The number of nitrogens with one attached hydrogen (secondary N) is 2. The fraction of sp³-hybridized carbons (Fsp3) is 0.750. The van der Waals surface area contributed by atoms with Crippen LogP contribution in [0.4, 0.5) is 11.8 Å². The van der Waals surface area contributed by atoms with Crippen LogP contribution in [0, 0.1) is 12.8 Å². The number of anilines is 2. The lowest BCUT2D eigenvalue weighted by Crippen LogP contribution is -2.51. The molecule has 0 radical (unpaired) electrons. The Balaban J connectivity index is 1.51.